The van der Waals surface area contributed by atoms with Crippen molar-refractivity contribution in [3.05, 3.63) is 83.6 Å². The fourth-order valence-corrected chi connectivity index (χ4v) is 5.37. The van der Waals surface area contributed by atoms with Crippen molar-refractivity contribution in [2.45, 2.75) is 28.8 Å². The molecule has 0 spiro atoms. The second-order valence-corrected chi connectivity index (χ2v) is 9.68. The number of thioether (sulfide) groups is 1. The third-order valence-corrected chi connectivity index (χ3v) is 7.26. The zero-order chi connectivity index (χ0) is 21.1. The van der Waals surface area contributed by atoms with Gasteiger partial charge in [0.05, 0.1) is 23.7 Å². The highest BCUT2D eigenvalue weighted by Crippen LogP contribution is 2.36. The molecule has 1 aromatic heterocycles. The fourth-order valence-electron chi connectivity index (χ4n) is 3.22. The summed E-state index contributed by atoms with van der Waals surface area (Å²) < 4.78 is 46.4. The molecule has 1 amide bonds. The summed E-state index contributed by atoms with van der Waals surface area (Å²) in [5.41, 5.74) is 0.954. The van der Waals surface area contributed by atoms with Crippen LogP contribution in [0.25, 0.3) is 0 Å². The van der Waals surface area contributed by atoms with Gasteiger partial charge in [-0.15, -0.1) is 11.8 Å². The van der Waals surface area contributed by atoms with Crippen LogP contribution in [0.4, 0.5) is 4.39 Å². The van der Waals surface area contributed by atoms with Gasteiger partial charge in [-0.3, -0.25) is 4.79 Å². The average Bonchev–Trinajstić information content (AvgIpc) is 3.27. The molecule has 156 valence electrons. The Morgan fingerprint density at radius 1 is 1.17 bits per heavy atom. The molecule has 1 aliphatic heterocycles. The Bertz CT molecular complexity index is 1160. The number of nitrogens with one attached hydrogen (secondary N) is 2. The minimum absolute atomic E-state index is 0.00778. The lowest BCUT2D eigenvalue weighted by Gasteiger charge is -2.26. The first-order valence-electron chi connectivity index (χ1n) is 9.27. The van der Waals surface area contributed by atoms with Crippen LogP contribution in [0.3, 0.4) is 0 Å². The number of benzene rings is 2. The number of amides is 1. The van der Waals surface area contributed by atoms with E-state index in [-0.39, 0.29) is 28.9 Å². The lowest BCUT2D eigenvalue weighted by molar-refractivity contribution is 0.0934. The second kappa shape index (κ2) is 8.63. The van der Waals surface area contributed by atoms with Crippen molar-refractivity contribution in [3.8, 4) is 0 Å². The molecule has 9 heteroatoms. The molecule has 30 heavy (non-hydrogen) atoms. The zero-order valence-electron chi connectivity index (χ0n) is 15.8. The largest absolute Gasteiger partial charge is 0.468 e. The molecule has 1 aliphatic rings. The topological polar surface area (TPSA) is 88.4 Å². The number of rotatable bonds is 6. The van der Waals surface area contributed by atoms with Crippen molar-refractivity contribution in [1.29, 1.82) is 0 Å². The fraction of sp³-hybridized carbons (Fsp3) is 0.190. The molecule has 3 aromatic rings. The number of fused-ring (bicyclic) bond motifs is 1. The highest BCUT2D eigenvalue weighted by molar-refractivity contribution is 7.99. The van der Waals surface area contributed by atoms with Crippen LogP contribution in [-0.2, 0) is 16.6 Å². The Balaban J connectivity index is 1.50. The predicted octanol–water partition coefficient (Wildman–Crippen LogP) is 3.86. The van der Waals surface area contributed by atoms with Crippen molar-refractivity contribution in [1.82, 2.24) is 10.0 Å². The first-order chi connectivity index (χ1) is 14.4. The first kappa shape index (κ1) is 20.6. The van der Waals surface area contributed by atoms with Crippen molar-refractivity contribution in [3.63, 3.8) is 0 Å². The maximum Gasteiger partial charge on any atom is 0.251 e. The van der Waals surface area contributed by atoms with Gasteiger partial charge >= 0.3 is 0 Å². The van der Waals surface area contributed by atoms with Crippen LogP contribution in [0.5, 0.6) is 0 Å². The number of sulfonamides is 1. The summed E-state index contributed by atoms with van der Waals surface area (Å²) in [6.07, 6.45) is 2.12. The van der Waals surface area contributed by atoms with Crippen molar-refractivity contribution in [2.75, 3.05) is 5.75 Å². The lowest BCUT2D eigenvalue weighted by atomic mass is 10.0. The van der Waals surface area contributed by atoms with Crippen LogP contribution in [0.2, 0.25) is 0 Å². The highest BCUT2D eigenvalue weighted by atomic mass is 32.2. The lowest BCUT2D eigenvalue weighted by Crippen LogP contribution is -2.31. The molecule has 2 aromatic carbocycles. The average molecular weight is 447 g/mol. The minimum atomic E-state index is -3.82. The summed E-state index contributed by atoms with van der Waals surface area (Å²) in [6.45, 7) is 0.00778. The summed E-state index contributed by atoms with van der Waals surface area (Å²) in [5, 5.41) is 2.90. The third kappa shape index (κ3) is 4.58. The molecule has 2 N–H and O–H groups in total. The molecule has 0 saturated carbocycles. The number of hydrogen-bond donors (Lipinski definition) is 2. The van der Waals surface area contributed by atoms with Crippen molar-refractivity contribution in [2.24, 2.45) is 0 Å². The van der Waals surface area contributed by atoms with E-state index in [0.29, 0.717) is 12.2 Å². The number of carbonyl (C=O) groups excluding carboxylic acids is 1. The van der Waals surface area contributed by atoms with Gasteiger partial charge in [0.15, 0.2) is 0 Å². The van der Waals surface area contributed by atoms with Crippen LogP contribution in [0.1, 0.15) is 34.1 Å². The maximum absolute atomic E-state index is 13.7. The second-order valence-electron chi connectivity index (χ2n) is 6.78. The van der Waals surface area contributed by atoms with E-state index in [1.165, 1.54) is 36.6 Å². The van der Waals surface area contributed by atoms with Gasteiger partial charge in [0.2, 0.25) is 10.0 Å². The molecule has 1 atom stereocenters. The van der Waals surface area contributed by atoms with Crippen molar-refractivity contribution < 1.29 is 22.0 Å². The van der Waals surface area contributed by atoms with E-state index in [4.69, 9.17) is 4.42 Å². The molecule has 0 bridgehead atoms. The molecule has 6 nitrogen and oxygen atoms in total. The highest BCUT2D eigenvalue weighted by Gasteiger charge is 2.24. The Morgan fingerprint density at radius 3 is 2.83 bits per heavy atom. The molecule has 0 fully saturated rings. The summed E-state index contributed by atoms with van der Waals surface area (Å²) >= 11 is 1.62. The van der Waals surface area contributed by atoms with Crippen LogP contribution in [-0.4, -0.2) is 20.1 Å². The number of furan rings is 1. The summed E-state index contributed by atoms with van der Waals surface area (Å²) in [4.78, 5) is 13.7. The number of hydrogen-bond acceptors (Lipinski definition) is 5. The Kier molecular flexibility index (Phi) is 5.94. The van der Waals surface area contributed by atoms with E-state index in [2.05, 4.69) is 10.0 Å². The monoisotopic (exact) mass is 446 g/mol. The molecule has 0 radical (unpaired) electrons. The molecular formula is C21H19FN2O4S2. The SMILES string of the molecule is O=C(N[C@@H]1CCSc2ccc(F)cc21)c1cccc(S(=O)(=O)NCc2ccco2)c1. The zero-order valence-corrected chi connectivity index (χ0v) is 17.4. The van der Waals surface area contributed by atoms with Crippen LogP contribution in [0, 0.1) is 5.82 Å². The standard InChI is InChI=1S/C21H19FN2O4S2/c22-15-6-7-20-18(12-15)19(8-10-29-20)24-21(25)14-3-1-5-17(11-14)30(26,27)23-13-16-4-2-9-28-16/h1-7,9,11-12,19,23H,8,10,13H2,(H,24,25)/t19-/m1/s1. The quantitative estimate of drug-likeness (QED) is 0.600. The molecular weight excluding hydrogens is 427 g/mol. The number of carbonyl (C=O) groups is 1. The first-order valence-corrected chi connectivity index (χ1v) is 11.7. The minimum Gasteiger partial charge on any atom is -0.468 e. The van der Waals surface area contributed by atoms with Gasteiger partial charge in [0.25, 0.3) is 5.91 Å². The van der Waals surface area contributed by atoms with Gasteiger partial charge in [-0.25, -0.2) is 17.5 Å². The van der Waals surface area contributed by atoms with Crippen LogP contribution in [0.15, 0.2) is 75.1 Å². The summed E-state index contributed by atoms with van der Waals surface area (Å²) in [5.74, 6) is 0.513. The van der Waals surface area contributed by atoms with E-state index < -0.39 is 15.9 Å². The molecule has 0 unspecified atom stereocenters. The number of halogens is 1. The Labute approximate surface area is 177 Å². The van der Waals surface area contributed by atoms with E-state index in [1.54, 1.807) is 36.0 Å². The Hall–Kier alpha value is -2.62. The third-order valence-electron chi connectivity index (χ3n) is 4.74. The van der Waals surface area contributed by atoms with Gasteiger partial charge in [-0.1, -0.05) is 6.07 Å². The van der Waals surface area contributed by atoms with E-state index >= 15 is 0 Å². The van der Waals surface area contributed by atoms with Crippen LogP contribution >= 0.6 is 11.8 Å². The Morgan fingerprint density at radius 2 is 2.03 bits per heavy atom. The van der Waals surface area contributed by atoms with Crippen molar-refractivity contribution >= 4 is 27.7 Å². The maximum atomic E-state index is 13.7. The molecule has 2 heterocycles. The van der Waals surface area contributed by atoms with Gasteiger partial charge in [-0.2, -0.15) is 0 Å². The smallest absolute Gasteiger partial charge is 0.251 e. The van der Waals surface area contributed by atoms with E-state index in [0.717, 1.165) is 16.2 Å². The molecule has 0 saturated heterocycles. The van der Waals surface area contributed by atoms with E-state index in [9.17, 15) is 17.6 Å². The summed E-state index contributed by atoms with van der Waals surface area (Å²) in [6, 6.07) is 13.4. The van der Waals surface area contributed by atoms with Gasteiger partial charge in [0.1, 0.15) is 11.6 Å². The molecule has 0 aliphatic carbocycles. The van der Waals surface area contributed by atoms with Gasteiger partial charge < -0.3 is 9.73 Å². The van der Waals surface area contributed by atoms with E-state index in [1.807, 2.05) is 0 Å². The van der Waals surface area contributed by atoms with Gasteiger partial charge in [-0.05, 0) is 60.5 Å². The predicted molar refractivity (Wildman–Crippen MR) is 111 cm³/mol. The van der Waals surface area contributed by atoms with Gasteiger partial charge in [0, 0.05) is 16.2 Å². The molecule has 4 rings (SSSR count). The summed E-state index contributed by atoms with van der Waals surface area (Å²) in [7, 11) is -3.82. The normalized spacial score (nSPS) is 16.1. The van der Waals surface area contributed by atoms with Crippen LogP contribution < -0.4 is 10.0 Å².